The second-order valence-corrected chi connectivity index (χ2v) is 5.58. The van der Waals surface area contributed by atoms with Crippen LogP contribution in [0, 0.1) is 0 Å². The van der Waals surface area contributed by atoms with Gasteiger partial charge in [-0.1, -0.05) is 26.2 Å². The predicted octanol–water partition coefficient (Wildman–Crippen LogP) is 1.59. The number of amides is 2. The zero-order chi connectivity index (χ0) is 14.5. The Hall–Kier alpha value is -1.30. The quantitative estimate of drug-likeness (QED) is 0.821. The molecule has 0 aromatic heterocycles. The minimum absolute atomic E-state index is 0.105. The molecule has 20 heavy (non-hydrogen) atoms. The third-order valence-electron chi connectivity index (χ3n) is 4.17. The summed E-state index contributed by atoms with van der Waals surface area (Å²) in [5, 5.41) is 11.8. The van der Waals surface area contributed by atoms with E-state index in [2.05, 4.69) is 5.32 Å². The predicted molar refractivity (Wildman–Crippen MR) is 73.6 cm³/mol. The Morgan fingerprint density at radius 3 is 2.85 bits per heavy atom. The van der Waals surface area contributed by atoms with Crippen molar-refractivity contribution >= 4 is 12.0 Å². The molecule has 1 saturated heterocycles. The summed E-state index contributed by atoms with van der Waals surface area (Å²) in [6.07, 6.45) is 5.50. The number of nitrogens with one attached hydrogen (secondary N) is 1. The molecule has 1 saturated carbocycles. The maximum atomic E-state index is 12.3. The molecule has 1 heterocycles. The van der Waals surface area contributed by atoms with E-state index in [-0.39, 0.29) is 18.2 Å². The Morgan fingerprint density at radius 1 is 1.40 bits per heavy atom. The highest BCUT2D eigenvalue weighted by atomic mass is 16.5. The van der Waals surface area contributed by atoms with Gasteiger partial charge in [0.15, 0.2) is 0 Å². The highest BCUT2D eigenvalue weighted by molar-refractivity contribution is 5.82. The Balaban J connectivity index is 1.97. The van der Waals surface area contributed by atoms with Gasteiger partial charge in [0.05, 0.1) is 18.8 Å². The first-order chi connectivity index (χ1) is 9.63. The smallest absolute Gasteiger partial charge is 0.326 e. The minimum Gasteiger partial charge on any atom is -0.480 e. The van der Waals surface area contributed by atoms with Crippen molar-refractivity contribution in [1.82, 2.24) is 10.2 Å². The molecule has 0 bridgehead atoms. The molecular formula is C14H24N2O4. The van der Waals surface area contributed by atoms with Crippen LogP contribution in [-0.4, -0.2) is 53.3 Å². The van der Waals surface area contributed by atoms with Crippen LogP contribution < -0.4 is 5.32 Å². The summed E-state index contributed by atoms with van der Waals surface area (Å²) >= 11 is 0. The van der Waals surface area contributed by atoms with Gasteiger partial charge >= 0.3 is 12.0 Å². The lowest BCUT2D eigenvalue weighted by molar-refractivity contribution is -0.139. The third kappa shape index (κ3) is 3.42. The highest BCUT2D eigenvalue weighted by Crippen LogP contribution is 2.28. The summed E-state index contributed by atoms with van der Waals surface area (Å²) in [4.78, 5) is 25.2. The fourth-order valence-corrected chi connectivity index (χ4v) is 3.13. The number of urea groups is 1. The van der Waals surface area contributed by atoms with Gasteiger partial charge in [0.1, 0.15) is 6.04 Å². The van der Waals surface area contributed by atoms with Gasteiger partial charge in [0, 0.05) is 6.54 Å². The lowest BCUT2D eigenvalue weighted by Gasteiger charge is -2.43. The van der Waals surface area contributed by atoms with E-state index in [0.29, 0.717) is 19.6 Å². The summed E-state index contributed by atoms with van der Waals surface area (Å²) in [7, 11) is 0. The minimum atomic E-state index is -0.964. The van der Waals surface area contributed by atoms with Crippen LogP contribution in [0.5, 0.6) is 0 Å². The van der Waals surface area contributed by atoms with Gasteiger partial charge in [-0.25, -0.2) is 9.59 Å². The first kappa shape index (κ1) is 15.1. The SMILES string of the molecule is CCC[C@@H](NC(=O)N1CCOC2CCCCC21)C(=O)O. The largest absolute Gasteiger partial charge is 0.480 e. The molecule has 6 nitrogen and oxygen atoms in total. The number of carboxylic acid groups (broad SMARTS) is 1. The van der Waals surface area contributed by atoms with Crippen LogP contribution >= 0.6 is 0 Å². The Bertz CT molecular complexity index is 359. The standard InChI is InChI=1S/C14H24N2O4/c1-2-5-10(13(17)18)15-14(19)16-8-9-20-12-7-4-3-6-11(12)16/h10-12H,2-9H2,1H3,(H,15,19)(H,17,18)/t10-,11?,12?/m1/s1. The first-order valence-electron chi connectivity index (χ1n) is 7.55. The van der Waals surface area contributed by atoms with E-state index in [1.54, 1.807) is 4.90 Å². The molecule has 0 aromatic carbocycles. The molecule has 114 valence electrons. The van der Waals surface area contributed by atoms with E-state index in [1.807, 2.05) is 6.92 Å². The van der Waals surface area contributed by atoms with Crippen molar-refractivity contribution in [3.05, 3.63) is 0 Å². The van der Waals surface area contributed by atoms with E-state index in [0.717, 1.165) is 32.1 Å². The second kappa shape index (κ2) is 6.92. The normalized spacial score (nSPS) is 27.6. The highest BCUT2D eigenvalue weighted by Gasteiger charge is 2.37. The number of nitrogens with zero attached hydrogens (tertiary/aromatic N) is 1. The molecular weight excluding hydrogens is 260 g/mol. The Kier molecular flexibility index (Phi) is 5.23. The summed E-state index contributed by atoms with van der Waals surface area (Å²) in [5.74, 6) is -0.964. The molecule has 6 heteroatoms. The van der Waals surface area contributed by atoms with E-state index in [4.69, 9.17) is 9.84 Å². The number of morpholine rings is 1. The molecule has 0 radical (unpaired) electrons. The van der Waals surface area contributed by atoms with Crippen molar-refractivity contribution in [3.63, 3.8) is 0 Å². The fourth-order valence-electron chi connectivity index (χ4n) is 3.13. The van der Waals surface area contributed by atoms with Gasteiger partial charge in [0.2, 0.25) is 0 Å². The molecule has 2 aliphatic rings. The van der Waals surface area contributed by atoms with Crippen molar-refractivity contribution in [2.24, 2.45) is 0 Å². The number of hydrogen-bond donors (Lipinski definition) is 2. The van der Waals surface area contributed by atoms with Crippen LogP contribution in [0.3, 0.4) is 0 Å². The molecule has 2 N–H and O–H groups in total. The monoisotopic (exact) mass is 284 g/mol. The van der Waals surface area contributed by atoms with Crippen molar-refractivity contribution in [1.29, 1.82) is 0 Å². The third-order valence-corrected chi connectivity index (χ3v) is 4.17. The number of aliphatic carboxylic acids is 1. The number of hydrogen-bond acceptors (Lipinski definition) is 3. The molecule has 0 spiro atoms. The van der Waals surface area contributed by atoms with E-state index in [1.165, 1.54) is 0 Å². The van der Waals surface area contributed by atoms with E-state index in [9.17, 15) is 9.59 Å². The van der Waals surface area contributed by atoms with Gasteiger partial charge in [-0.2, -0.15) is 0 Å². The average Bonchev–Trinajstić information content (AvgIpc) is 2.46. The lowest BCUT2D eigenvalue weighted by atomic mass is 9.90. The number of fused-ring (bicyclic) bond motifs is 1. The Morgan fingerprint density at radius 2 is 2.15 bits per heavy atom. The molecule has 0 aromatic rings. The summed E-state index contributed by atoms with van der Waals surface area (Å²) in [6.45, 7) is 3.00. The first-order valence-corrected chi connectivity index (χ1v) is 7.55. The zero-order valence-electron chi connectivity index (χ0n) is 12.0. The van der Waals surface area contributed by atoms with Gasteiger partial charge in [-0.3, -0.25) is 0 Å². The van der Waals surface area contributed by atoms with Crippen molar-refractivity contribution < 1.29 is 19.4 Å². The molecule has 2 amide bonds. The number of carbonyl (C=O) groups is 2. The number of rotatable bonds is 4. The molecule has 2 unspecified atom stereocenters. The summed E-state index contributed by atoms with van der Waals surface area (Å²) in [6, 6.07) is -0.947. The molecule has 1 aliphatic carbocycles. The number of carboxylic acids is 1. The summed E-state index contributed by atoms with van der Waals surface area (Å²) in [5.41, 5.74) is 0. The van der Waals surface area contributed by atoms with Gasteiger partial charge in [0.25, 0.3) is 0 Å². The van der Waals surface area contributed by atoms with Gasteiger partial charge in [-0.05, 0) is 19.3 Å². The molecule has 2 rings (SSSR count). The molecule has 3 atom stereocenters. The van der Waals surface area contributed by atoms with Crippen LogP contribution in [0.1, 0.15) is 45.4 Å². The number of ether oxygens (including phenoxy) is 1. The van der Waals surface area contributed by atoms with Crippen LogP contribution in [-0.2, 0) is 9.53 Å². The van der Waals surface area contributed by atoms with Gasteiger partial charge in [-0.15, -0.1) is 0 Å². The maximum absolute atomic E-state index is 12.3. The lowest BCUT2D eigenvalue weighted by Crippen LogP contribution is -2.59. The average molecular weight is 284 g/mol. The fraction of sp³-hybridized carbons (Fsp3) is 0.857. The second-order valence-electron chi connectivity index (χ2n) is 5.58. The zero-order valence-corrected chi connectivity index (χ0v) is 12.0. The number of carbonyl (C=O) groups excluding carboxylic acids is 1. The van der Waals surface area contributed by atoms with Gasteiger partial charge < -0.3 is 20.1 Å². The summed E-state index contributed by atoms with van der Waals surface area (Å²) < 4.78 is 5.72. The van der Waals surface area contributed by atoms with Crippen molar-refractivity contribution in [2.45, 2.75) is 63.6 Å². The van der Waals surface area contributed by atoms with Crippen LogP contribution in [0.25, 0.3) is 0 Å². The van der Waals surface area contributed by atoms with Crippen LogP contribution in [0.2, 0.25) is 0 Å². The molecule has 1 aliphatic heterocycles. The van der Waals surface area contributed by atoms with Crippen molar-refractivity contribution in [3.8, 4) is 0 Å². The topological polar surface area (TPSA) is 78.9 Å². The van der Waals surface area contributed by atoms with Crippen LogP contribution in [0.15, 0.2) is 0 Å². The van der Waals surface area contributed by atoms with E-state index >= 15 is 0 Å². The van der Waals surface area contributed by atoms with Crippen molar-refractivity contribution in [2.75, 3.05) is 13.2 Å². The van der Waals surface area contributed by atoms with Crippen LogP contribution in [0.4, 0.5) is 4.79 Å². The maximum Gasteiger partial charge on any atom is 0.326 e. The Labute approximate surface area is 119 Å². The molecule has 2 fully saturated rings. The van der Waals surface area contributed by atoms with E-state index < -0.39 is 12.0 Å².